The molecule has 0 saturated carbocycles. The molecule has 0 aromatic carbocycles. The minimum absolute atomic E-state index is 0.885. The average Bonchev–Trinajstić information content (AvgIpc) is 2.84. The number of rotatable bonds is 4. The lowest BCUT2D eigenvalue weighted by Gasteiger charge is -2.26. The van der Waals surface area contributed by atoms with Crippen LogP contribution in [0.2, 0.25) is 0 Å². The molecule has 0 N–H and O–H groups in total. The minimum Gasteiger partial charge on any atom is -0.379 e. The van der Waals surface area contributed by atoms with Gasteiger partial charge in [0.1, 0.15) is 0 Å². The third kappa shape index (κ3) is 2.54. The van der Waals surface area contributed by atoms with Crippen LogP contribution in [0.15, 0.2) is 30.6 Å². The molecule has 1 aliphatic heterocycles. The first kappa shape index (κ1) is 11.7. The average molecular weight is 245 g/mol. The third-order valence-electron chi connectivity index (χ3n) is 3.52. The molecule has 4 heteroatoms. The van der Waals surface area contributed by atoms with Gasteiger partial charge >= 0.3 is 0 Å². The molecule has 4 nitrogen and oxygen atoms in total. The molecule has 1 saturated heterocycles. The molecule has 0 aliphatic carbocycles. The van der Waals surface area contributed by atoms with Crippen LogP contribution in [0.4, 0.5) is 0 Å². The maximum absolute atomic E-state index is 5.35. The van der Waals surface area contributed by atoms with Crippen molar-refractivity contribution < 1.29 is 4.74 Å². The van der Waals surface area contributed by atoms with Gasteiger partial charge in [-0.15, -0.1) is 0 Å². The summed E-state index contributed by atoms with van der Waals surface area (Å²) in [5.41, 5.74) is 2.32. The molecule has 0 spiro atoms. The van der Waals surface area contributed by atoms with Crippen molar-refractivity contribution in [3.05, 3.63) is 30.6 Å². The number of fused-ring (bicyclic) bond motifs is 1. The van der Waals surface area contributed by atoms with Gasteiger partial charge in [-0.25, -0.2) is 0 Å². The molecule has 96 valence electrons. The highest BCUT2D eigenvalue weighted by Gasteiger charge is 2.09. The van der Waals surface area contributed by atoms with Crippen LogP contribution in [0.5, 0.6) is 0 Å². The minimum atomic E-state index is 0.885. The fraction of sp³-hybridized carbons (Fsp3) is 0.500. The Morgan fingerprint density at radius 1 is 1.17 bits per heavy atom. The molecule has 0 bridgehead atoms. The molecule has 0 radical (unpaired) electrons. The van der Waals surface area contributed by atoms with E-state index < -0.39 is 0 Å². The lowest BCUT2D eigenvalue weighted by molar-refractivity contribution is 0.0370. The van der Waals surface area contributed by atoms with Crippen molar-refractivity contribution >= 4 is 11.0 Å². The summed E-state index contributed by atoms with van der Waals surface area (Å²) in [6.07, 6.45) is 5.16. The molecule has 2 aromatic heterocycles. The smallest absolute Gasteiger partial charge is 0.0880 e. The summed E-state index contributed by atoms with van der Waals surface area (Å²) in [4.78, 5) is 6.83. The molecular formula is C14H19N3O. The van der Waals surface area contributed by atoms with Gasteiger partial charge in [0.2, 0.25) is 0 Å². The number of hydrogen-bond donors (Lipinski definition) is 0. The molecule has 0 unspecified atom stereocenters. The zero-order valence-electron chi connectivity index (χ0n) is 10.6. The standard InChI is InChI=1S/C14H19N3O/c1-3-14-13(15-5-1)4-8-17(14)7-2-6-16-9-11-18-12-10-16/h1,3-5,8H,2,6-7,9-12H2. The van der Waals surface area contributed by atoms with Crippen molar-refractivity contribution in [2.45, 2.75) is 13.0 Å². The lowest BCUT2D eigenvalue weighted by atomic mass is 10.3. The zero-order valence-corrected chi connectivity index (χ0v) is 10.6. The molecule has 18 heavy (non-hydrogen) atoms. The van der Waals surface area contributed by atoms with E-state index in [1.165, 1.54) is 11.9 Å². The summed E-state index contributed by atoms with van der Waals surface area (Å²) in [5, 5.41) is 0. The second-order valence-electron chi connectivity index (χ2n) is 4.72. The number of aryl methyl sites for hydroxylation is 1. The predicted molar refractivity (Wildman–Crippen MR) is 71.6 cm³/mol. The Labute approximate surface area is 107 Å². The Balaban J connectivity index is 1.56. The van der Waals surface area contributed by atoms with Gasteiger partial charge in [-0.3, -0.25) is 9.88 Å². The van der Waals surface area contributed by atoms with Crippen LogP contribution in [0.3, 0.4) is 0 Å². The predicted octanol–water partition coefficient (Wildman–Crippen LogP) is 1.76. The van der Waals surface area contributed by atoms with Crippen LogP contribution in [0, 0.1) is 0 Å². The fourth-order valence-corrected chi connectivity index (χ4v) is 2.51. The quantitative estimate of drug-likeness (QED) is 0.822. The van der Waals surface area contributed by atoms with Gasteiger partial charge < -0.3 is 9.30 Å². The summed E-state index contributed by atoms with van der Waals surface area (Å²) < 4.78 is 7.65. The summed E-state index contributed by atoms with van der Waals surface area (Å²) in [6.45, 7) is 6.14. The van der Waals surface area contributed by atoms with E-state index in [0.717, 1.165) is 44.9 Å². The van der Waals surface area contributed by atoms with Crippen LogP contribution < -0.4 is 0 Å². The molecule has 2 aromatic rings. The highest BCUT2D eigenvalue weighted by atomic mass is 16.5. The van der Waals surface area contributed by atoms with E-state index in [1.54, 1.807) is 0 Å². The summed E-state index contributed by atoms with van der Waals surface area (Å²) >= 11 is 0. The maximum Gasteiger partial charge on any atom is 0.0880 e. The number of morpholine rings is 1. The van der Waals surface area contributed by atoms with Gasteiger partial charge in [0.25, 0.3) is 0 Å². The Morgan fingerprint density at radius 2 is 2.06 bits per heavy atom. The van der Waals surface area contributed by atoms with Crippen molar-refractivity contribution in [3.8, 4) is 0 Å². The van der Waals surface area contributed by atoms with Crippen molar-refractivity contribution in [3.63, 3.8) is 0 Å². The molecule has 1 aliphatic rings. The monoisotopic (exact) mass is 245 g/mol. The number of aromatic nitrogens is 2. The van der Waals surface area contributed by atoms with Crippen molar-refractivity contribution in [2.75, 3.05) is 32.8 Å². The Morgan fingerprint density at radius 3 is 2.94 bits per heavy atom. The van der Waals surface area contributed by atoms with Gasteiger partial charge in [-0.1, -0.05) is 0 Å². The highest BCUT2D eigenvalue weighted by molar-refractivity contribution is 5.75. The SMILES string of the molecule is c1cnc2ccn(CCCN3CCOCC3)c2c1. The van der Waals surface area contributed by atoms with E-state index in [2.05, 4.69) is 32.8 Å². The van der Waals surface area contributed by atoms with Gasteiger partial charge in [0.15, 0.2) is 0 Å². The molecular weight excluding hydrogens is 226 g/mol. The largest absolute Gasteiger partial charge is 0.379 e. The van der Waals surface area contributed by atoms with Crippen LogP contribution in [0.1, 0.15) is 6.42 Å². The second-order valence-corrected chi connectivity index (χ2v) is 4.72. The first-order valence-electron chi connectivity index (χ1n) is 6.63. The number of nitrogens with zero attached hydrogens (tertiary/aromatic N) is 3. The van der Waals surface area contributed by atoms with E-state index >= 15 is 0 Å². The molecule has 0 atom stereocenters. The van der Waals surface area contributed by atoms with Gasteiger partial charge in [0, 0.05) is 38.6 Å². The molecule has 3 rings (SSSR count). The summed E-state index contributed by atoms with van der Waals surface area (Å²) in [6, 6.07) is 6.22. The van der Waals surface area contributed by atoms with Crippen molar-refractivity contribution in [2.24, 2.45) is 0 Å². The van der Waals surface area contributed by atoms with Crippen LogP contribution >= 0.6 is 0 Å². The maximum atomic E-state index is 5.35. The van der Waals surface area contributed by atoms with Crippen LogP contribution in [-0.4, -0.2) is 47.3 Å². The van der Waals surface area contributed by atoms with E-state index in [0.29, 0.717) is 0 Å². The first-order chi connectivity index (χ1) is 8.93. The zero-order chi connectivity index (χ0) is 12.2. The van der Waals surface area contributed by atoms with E-state index in [-0.39, 0.29) is 0 Å². The molecule has 3 heterocycles. The molecule has 1 fully saturated rings. The lowest BCUT2D eigenvalue weighted by Crippen LogP contribution is -2.37. The van der Waals surface area contributed by atoms with Gasteiger partial charge in [-0.05, 0) is 24.6 Å². The van der Waals surface area contributed by atoms with Crippen LogP contribution in [0.25, 0.3) is 11.0 Å². The van der Waals surface area contributed by atoms with Gasteiger partial charge in [0.05, 0.1) is 24.2 Å². The Bertz CT molecular complexity index is 502. The Kier molecular flexibility index (Phi) is 3.57. The highest BCUT2D eigenvalue weighted by Crippen LogP contribution is 2.13. The summed E-state index contributed by atoms with van der Waals surface area (Å²) in [7, 11) is 0. The van der Waals surface area contributed by atoms with E-state index in [9.17, 15) is 0 Å². The first-order valence-corrected chi connectivity index (χ1v) is 6.63. The summed E-state index contributed by atoms with van der Waals surface area (Å²) in [5.74, 6) is 0. The normalized spacial score (nSPS) is 17.3. The number of pyridine rings is 1. The van der Waals surface area contributed by atoms with Gasteiger partial charge in [-0.2, -0.15) is 0 Å². The number of ether oxygens (including phenoxy) is 1. The van der Waals surface area contributed by atoms with E-state index in [4.69, 9.17) is 4.74 Å². The van der Waals surface area contributed by atoms with Crippen LogP contribution in [-0.2, 0) is 11.3 Å². The second kappa shape index (κ2) is 5.50. The topological polar surface area (TPSA) is 30.3 Å². The van der Waals surface area contributed by atoms with Crippen molar-refractivity contribution in [1.82, 2.24) is 14.5 Å². The third-order valence-corrected chi connectivity index (χ3v) is 3.52. The molecule has 0 amide bonds. The van der Waals surface area contributed by atoms with Crippen molar-refractivity contribution in [1.29, 1.82) is 0 Å². The fourth-order valence-electron chi connectivity index (χ4n) is 2.51. The van der Waals surface area contributed by atoms with E-state index in [1.807, 2.05) is 12.3 Å². The Hall–Kier alpha value is -1.39. The number of hydrogen-bond acceptors (Lipinski definition) is 3.